The fourth-order valence-corrected chi connectivity index (χ4v) is 19.3. The van der Waals surface area contributed by atoms with Gasteiger partial charge in [-0.1, -0.05) is 198 Å². The fraction of sp³-hybridized carbons (Fsp3) is 0.105. The molecule has 82 heavy (non-hydrogen) atoms. The number of rotatable bonds is 2. The van der Waals surface area contributed by atoms with Gasteiger partial charge in [-0.05, 0) is 116 Å². The van der Waals surface area contributed by atoms with Gasteiger partial charge >= 0.3 is 0 Å². The number of para-hydroxylation sites is 4. The molecule has 0 N–H and O–H groups in total. The van der Waals surface area contributed by atoms with Crippen LogP contribution in [0.25, 0.3) is 97.5 Å². The van der Waals surface area contributed by atoms with Crippen molar-refractivity contribution in [2.24, 2.45) is 0 Å². The van der Waals surface area contributed by atoms with Gasteiger partial charge in [0.15, 0.2) is 0 Å². The van der Waals surface area contributed by atoms with Crippen LogP contribution < -0.4 is 0 Å². The van der Waals surface area contributed by atoms with Gasteiger partial charge in [-0.2, -0.15) is 0 Å². The van der Waals surface area contributed by atoms with Crippen molar-refractivity contribution in [2.75, 3.05) is 0 Å². The van der Waals surface area contributed by atoms with E-state index in [-0.39, 0.29) is 10.8 Å². The summed E-state index contributed by atoms with van der Waals surface area (Å²) >= 11 is 3.97. The maximum Gasteiger partial charge on any atom is 0.137 e. The van der Waals surface area contributed by atoms with Gasteiger partial charge < -0.3 is 8.83 Å². The van der Waals surface area contributed by atoms with Gasteiger partial charge in [0.1, 0.15) is 32.3 Å². The van der Waals surface area contributed by atoms with Crippen LogP contribution in [-0.4, -0.2) is 9.13 Å². The number of furan rings is 2. The third-order valence-corrected chi connectivity index (χ3v) is 22.2. The fourth-order valence-electron chi connectivity index (χ4n) is 16.4. The zero-order valence-electron chi connectivity index (χ0n) is 45.5. The minimum atomic E-state index is -0.764. The Balaban J connectivity index is 1.05. The zero-order valence-corrected chi connectivity index (χ0v) is 47.1. The van der Waals surface area contributed by atoms with Crippen molar-refractivity contribution >= 4 is 110 Å². The SMILES string of the molecule is CC1(C)c2ccccc2C2(c3ccccc31)c1cc(-n3c4ccccc4c4ccc5oc6ccccc6c5c43)sc1C1(c3ccccc3C(C)(C)c3ccccc31)c1cc(-n3c4ccccc4c4ccc5oc6ccccc6c5c43)sc12. The van der Waals surface area contributed by atoms with E-state index in [1.54, 1.807) is 0 Å². The molecule has 4 nitrogen and oxygen atoms in total. The van der Waals surface area contributed by atoms with Crippen molar-refractivity contribution < 1.29 is 8.83 Å². The van der Waals surface area contributed by atoms with Crippen LogP contribution in [0.3, 0.4) is 0 Å². The molecule has 10 aromatic carbocycles. The van der Waals surface area contributed by atoms with Crippen molar-refractivity contribution in [3.8, 4) is 10.0 Å². The first-order valence-corrected chi connectivity index (χ1v) is 30.2. The summed E-state index contributed by atoms with van der Waals surface area (Å²) in [6.07, 6.45) is 0. The van der Waals surface area contributed by atoms with E-state index in [1.807, 2.05) is 22.7 Å². The van der Waals surface area contributed by atoms with E-state index < -0.39 is 10.8 Å². The standard InChI is InChI=1S/C76H50N2O2S2/c1-73(2)49-25-9-13-29-53(49)75(54-30-14-10-26-50(54)73)57-41-65(77-59-33-17-5-21-43(59)45-37-39-63-67(69(45)77)47-23-7-19-35-61(47)79-63)82-72(57)76(55-31-15-11-27-51(55)74(3,4)52-28-12-16-32-56(52)76)58-42-66(81-71(58)75)78-60-34-18-6-22-44(60)46-38-40-64-68(70(46)78)48-24-8-20-36-62(48)80-64/h5-42H,1-4H3. The summed E-state index contributed by atoms with van der Waals surface area (Å²) in [5.74, 6) is 0. The highest BCUT2D eigenvalue weighted by molar-refractivity contribution is 7.16. The van der Waals surface area contributed by atoms with Crippen molar-refractivity contribution in [1.82, 2.24) is 9.13 Å². The third kappa shape index (κ3) is 5.23. The first-order valence-electron chi connectivity index (χ1n) is 28.6. The molecule has 0 amide bonds. The van der Waals surface area contributed by atoms with Crippen molar-refractivity contribution in [3.63, 3.8) is 0 Å². The molecule has 3 aliphatic carbocycles. The topological polar surface area (TPSA) is 36.1 Å². The predicted octanol–water partition coefficient (Wildman–Crippen LogP) is 20.2. The predicted molar refractivity (Wildman–Crippen MR) is 340 cm³/mol. The smallest absolute Gasteiger partial charge is 0.137 e. The molecule has 388 valence electrons. The molecule has 0 radical (unpaired) electrons. The summed E-state index contributed by atoms with van der Waals surface area (Å²) < 4.78 is 18.7. The van der Waals surface area contributed by atoms with E-state index in [4.69, 9.17) is 8.83 Å². The maximum atomic E-state index is 6.76. The average molecular weight is 1090 g/mol. The maximum absolute atomic E-state index is 6.76. The second kappa shape index (κ2) is 15.4. The number of thiophene rings is 2. The van der Waals surface area contributed by atoms with E-state index in [0.717, 1.165) is 43.9 Å². The van der Waals surface area contributed by atoms with E-state index in [2.05, 4.69) is 267 Å². The van der Waals surface area contributed by atoms with Gasteiger partial charge in [-0.3, -0.25) is 9.13 Å². The van der Waals surface area contributed by atoms with Crippen LogP contribution in [-0.2, 0) is 21.7 Å². The van der Waals surface area contributed by atoms with Crippen LogP contribution in [0.4, 0.5) is 0 Å². The van der Waals surface area contributed by atoms with Crippen LogP contribution in [0, 0.1) is 0 Å². The Morgan fingerprint density at radius 1 is 0.293 bits per heavy atom. The summed E-state index contributed by atoms with van der Waals surface area (Å²) in [6, 6.07) is 87.2. The van der Waals surface area contributed by atoms with Crippen LogP contribution in [0.1, 0.15) is 93.1 Å². The molecule has 0 bridgehead atoms. The molecule has 6 heteroatoms. The number of fused-ring (bicyclic) bond motifs is 28. The lowest BCUT2D eigenvalue weighted by Gasteiger charge is -2.55. The molecule has 0 atom stereocenters. The molecule has 16 aromatic rings. The molecule has 19 rings (SSSR count). The van der Waals surface area contributed by atoms with Crippen LogP contribution >= 0.6 is 22.7 Å². The second-order valence-electron chi connectivity index (χ2n) is 24.2. The average Bonchev–Trinajstić information content (AvgIpc) is 3.39. The molecular weight excluding hydrogens is 1040 g/mol. The van der Waals surface area contributed by atoms with Gasteiger partial charge in [0.25, 0.3) is 0 Å². The molecule has 0 unspecified atom stereocenters. The molecular formula is C76H50N2O2S2. The van der Waals surface area contributed by atoms with Crippen molar-refractivity contribution in [1.29, 1.82) is 0 Å². The molecule has 2 spiro atoms. The first kappa shape index (κ1) is 45.5. The van der Waals surface area contributed by atoms with E-state index >= 15 is 0 Å². The summed E-state index contributed by atoms with van der Waals surface area (Å²) in [5, 5.41) is 11.8. The highest BCUT2D eigenvalue weighted by Crippen LogP contribution is 2.70. The number of hydrogen-bond acceptors (Lipinski definition) is 4. The monoisotopic (exact) mass is 1090 g/mol. The van der Waals surface area contributed by atoms with Crippen molar-refractivity contribution in [2.45, 2.75) is 49.4 Å². The van der Waals surface area contributed by atoms with Gasteiger partial charge in [0.2, 0.25) is 0 Å². The van der Waals surface area contributed by atoms with Gasteiger partial charge in [0, 0.05) is 52.9 Å². The van der Waals surface area contributed by atoms with Gasteiger partial charge in [-0.25, -0.2) is 0 Å². The second-order valence-corrected chi connectivity index (χ2v) is 26.2. The van der Waals surface area contributed by atoms with E-state index in [0.29, 0.717) is 0 Å². The van der Waals surface area contributed by atoms with Crippen LogP contribution in [0.2, 0.25) is 0 Å². The first-order chi connectivity index (χ1) is 40.2. The Bertz CT molecular complexity index is 5020. The molecule has 0 aliphatic heterocycles. The van der Waals surface area contributed by atoms with E-state index in [1.165, 1.54) is 119 Å². The molecule has 0 fully saturated rings. The molecule has 3 aliphatic rings. The van der Waals surface area contributed by atoms with Gasteiger partial charge in [-0.15, -0.1) is 22.7 Å². The third-order valence-electron chi connectivity index (χ3n) is 19.7. The van der Waals surface area contributed by atoms with Crippen molar-refractivity contribution in [3.05, 3.63) is 296 Å². The normalized spacial score (nSPS) is 16.0. The summed E-state index contributed by atoms with van der Waals surface area (Å²) in [6.45, 7) is 9.76. The van der Waals surface area contributed by atoms with Gasteiger partial charge in [0.05, 0.1) is 43.7 Å². The minimum Gasteiger partial charge on any atom is -0.456 e. The highest BCUT2D eigenvalue weighted by Gasteiger charge is 2.62. The lowest BCUT2D eigenvalue weighted by molar-refractivity contribution is 0.522. The van der Waals surface area contributed by atoms with Crippen LogP contribution in [0.5, 0.6) is 0 Å². The minimum absolute atomic E-state index is 0.303. The lowest BCUT2D eigenvalue weighted by Crippen LogP contribution is -2.50. The molecule has 6 aromatic heterocycles. The largest absolute Gasteiger partial charge is 0.456 e. The zero-order chi connectivity index (χ0) is 54.2. The Kier molecular flexibility index (Phi) is 8.56. The summed E-state index contributed by atoms with van der Waals surface area (Å²) in [4.78, 5) is 2.69. The number of nitrogens with zero attached hydrogens (tertiary/aromatic N) is 2. The van der Waals surface area contributed by atoms with E-state index in [9.17, 15) is 0 Å². The molecule has 6 heterocycles. The quantitative estimate of drug-likeness (QED) is 0.173. The lowest BCUT2D eigenvalue weighted by atomic mass is 9.48. The Labute approximate surface area is 480 Å². The number of hydrogen-bond donors (Lipinski definition) is 0. The number of benzene rings is 10. The summed E-state index contributed by atoms with van der Waals surface area (Å²) in [5.41, 5.74) is 19.5. The Morgan fingerprint density at radius 2 is 0.610 bits per heavy atom. The molecule has 0 saturated carbocycles. The molecule has 0 saturated heterocycles. The summed E-state index contributed by atoms with van der Waals surface area (Å²) in [7, 11) is 0. The number of aromatic nitrogens is 2. The Morgan fingerprint density at radius 3 is 0.988 bits per heavy atom. The highest BCUT2D eigenvalue weighted by atomic mass is 32.1. The Hall–Kier alpha value is -9.20. The van der Waals surface area contributed by atoms with Crippen LogP contribution in [0.15, 0.2) is 239 Å².